The summed E-state index contributed by atoms with van der Waals surface area (Å²) in [6, 6.07) is 0. The summed E-state index contributed by atoms with van der Waals surface area (Å²) in [7, 11) is 0. The van der Waals surface area contributed by atoms with Crippen molar-refractivity contribution in [1.82, 2.24) is 0 Å². The van der Waals surface area contributed by atoms with Crippen LogP contribution in [0.3, 0.4) is 0 Å². The van der Waals surface area contributed by atoms with Crippen LogP contribution in [-0.2, 0) is 14.3 Å². The smallest absolute Gasteiger partial charge is 0.422 e. The molecule has 0 bridgehead atoms. The van der Waals surface area contributed by atoms with E-state index >= 15 is 0 Å². The van der Waals surface area contributed by atoms with Gasteiger partial charge in [0.1, 0.15) is 0 Å². The van der Waals surface area contributed by atoms with E-state index < -0.39 is 25.4 Å². The second kappa shape index (κ2) is 5.23. The number of hydrogen-bond donors (Lipinski definition) is 0. The fourth-order valence-corrected chi connectivity index (χ4v) is 0.567. The summed E-state index contributed by atoms with van der Waals surface area (Å²) >= 11 is 0. The van der Waals surface area contributed by atoms with Gasteiger partial charge in [0.2, 0.25) is 0 Å². The summed E-state index contributed by atoms with van der Waals surface area (Å²) in [5.74, 6) is -0.751. The lowest BCUT2D eigenvalue weighted by Gasteiger charge is -2.21. The predicted molar refractivity (Wildman–Crippen MR) is 51.6 cm³/mol. The first-order valence-electron chi connectivity index (χ1n) is 4.57. The SMILES string of the molecule is C=C(OCC(=O)OCC(F)(F)F)C(C)(C)C. The van der Waals surface area contributed by atoms with E-state index in [9.17, 15) is 18.0 Å². The Balaban J connectivity index is 3.88. The van der Waals surface area contributed by atoms with Crippen LogP contribution in [0, 0.1) is 5.41 Å². The highest BCUT2D eigenvalue weighted by atomic mass is 19.4. The third-order valence-electron chi connectivity index (χ3n) is 1.60. The van der Waals surface area contributed by atoms with Crippen LogP contribution in [-0.4, -0.2) is 25.4 Å². The maximum atomic E-state index is 11.7. The molecule has 16 heavy (non-hydrogen) atoms. The molecule has 0 aliphatic rings. The second-order valence-electron chi connectivity index (χ2n) is 4.24. The molecule has 0 N–H and O–H groups in total. The van der Waals surface area contributed by atoms with Crippen molar-refractivity contribution < 1.29 is 27.4 Å². The second-order valence-corrected chi connectivity index (χ2v) is 4.24. The van der Waals surface area contributed by atoms with Gasteiger partial charge in [0, 0.05) is 5.41 Å². The average Bonchev–Trinajstić information content (AvgIpc) is 2.08. The normalized spacial score (nSPS) is 12.1. The number of allylic oxidation sites excluding steroid dienone is 1. The van der Waals surface area contributed by atoms with Crippen LogP contribution in [0.25, 0.3) is 0 Å². The van der Waals surface area contributed by atoms with Gasteiger partial charge in [-0.05, 0) is 0 Å². The summed E-state index contributed by atoms with van der Waals surface area (Å²) in [6.07, 6.45) is -4.52. The van der Waals surface area contributed by atoms with Crippen molar-refractivity contribution in [3.8, 4) is 0 Å². The molecule has 0 fully saturated rings. The van der Waals surface area contributed by atoms with Crippen molar-refractivity contribution in [3.05, 3.63) is 12.3 Å². The monoisotopic (exact) mass is 240 g/mol. The Hall–Kier alpha value is -1.20. The van der Waals surface area contributed by atoms with E-state index in [1.54, 1.807) is 20.8 Å². The summed E-state index contributed by atoms with van der Waals surface area (Å²) in [5, 5.41) is 0. The zero-order valence-corrected chi connectivity index (χ0v) is 9.48. The molecular formula is C10H15F3O3. The highest BCUT2D eigenvalue weighted by molar-refractivity contribution is 5.70. The Kier molecular flexibility index (Phi) is 4.83. The fourth-order valence-electron chi connectivity index (χ4n) is 0.567. The zero-order chi connectivity index (χ0) is 13.0. The Morgan fingerprint density at radius 3 is 2.06 bits per heavy atom. The van der Waals surface area contributed by atoms with E-state index in [4.69, 9.17) is 4.74 Å². The highest BCUT2D eigenvalue weighted by Crippen LogP contribution is 2.24. The number of carbonyl (C=O) groups excluding carboxylic acids is 1. The van der Waals surface area contributed by atoms with E-state index in [0.29, 0.717) is 5.76 Å². The van der Waals surface area contributed by atoms with E-state index in [1.807, 2.05) is 0 Å². The van der Waals surface area contributed by atoms with Gasteiger partial charge < -0.3 is 9.47 Å². The van der Waals surface area contributed by atoms with Crippen LogP contribution in [0.15, 0.2) is 12.3 Å². The molecule has 0 saturated heterocycles. The van der Waals surface area contributed by atoms with E-state index in [-0.39, 0.29) is 5.41 Å². The third kappa shape index (κ3) is 7.14. The van der Waals surface area contributed by atoms with Gasteiger partial charge >= 0.3 is 12.1 Å². The molecule has 0 unspecified atom stereocenters. The molecular weight excluding hydrogens is 225 g/mol. The molecule has 0 aromatic heterocycles. The molecule has 0 amide bonds. The van der Waals surface area contributed by atoms with Crippen molar-refractivity contribution >= 4 is 5.97 Å². The summed E-state index contributed by atoms with van der Waals surface area (Å²) < 4.78 is 43.8. The molecule has 0 radical (unpaired) electrons. The van der Waals surface area contributed by atoms with Gasteiger partial charge in [0.25, 0.3) is 0 Å². The third-order valence-corrected chi connectivity index (χ3v) is 1.60. The van der Waals surface area contributed by atoms with Gasteiger partial charge in [-0.1, -0.05) is 27.4 Å². The number of carbonyl (C=O) groups is 1. The van der Waals surface area contributed by atoms with Crippen molar-refractivity contribution in [3.63, 3.8) is 0 Å². The Labute approximate surface area is 92.2 Å². The first-order valence-corrected chi connectivity index (χ1v) is 4.57. The average molecular weight is 240 g/mol. The van der Waals surface area contributed by atoms with Crippen molar-refractivity contribution in [2.75, 3.05) is 13.2 Å². The Morgan fingerprint density at radius 2 is 1.69 bits per heavy atom. The first-order chi connectivity index (χ1) is 7.02. The van der Waals surface area contributed by atoms with Gasteiger partial charge in [-0.15, -0.1) is 0 Å². The number of hydrogen-bond acceptors (Lipinski definition) is 3. The summed E-state index contributed by atoms with van der Waals surface area (Å²) in [5.41, 5.74) is -0.371. The summed E-state index contributed by atoms with van der Waals surface area (Å²) in [6.45, 7) is 6.80. The largest absolute Gasteiger partial charge is 0.486 e. The molecule has 0 aliphatic heterocycles. The van der Waals surface area contributed by atoms with Gasteiger partial charge in [-0.25, -0.2) is 4.79 Å². The first kappa shape index (κ1) is 14.8. The van der Waals surface area contributed by atoms with E-state index in [1.165, 1.54) is 0 Å². The molecule has 0 aromatic carbocycles. The lowest BCUT2D eigenvalue weighted by atomic mass is 9.95. The maximum Gasteiger partial charge on any atom is 0.422 e. The molecule has 3 nitrogen and oxygen atoms in total. The molecule has 0 spiro atoms. The quantitative estimate of drug-likeness (QED) is 0.559. The van der Waals surface area contributed by atoms with Crippen LogP contribution in [0.4, 0.5) is 13.2 Å². The minimum atomic E-state index is -4.52. The van der Waals surface area contributed by atoms with Gasteiger partial charge in [0.05, 0.1) is 5.76 Å². The topological polar surface area (TPSA) is 35.5 Å². The Morgan fingerprint density at radius 1 is 1.19 bits per heavy atom. The van der Waals surface area contributed by atoms with Crippen LogP contribution in [0.5, 0.6) is 0 Å². The highest BCUT2D eigenvalue weighted by Gasteiger charge is 2.29. The van der Waals surface area contributed by atoms with Crippen LogP contribution < -0.4 is 0 Å². The Bertz CT molecular complexity index is 263. The number of halogens is 3. The molecule has 0 aliphatic carbocycles. The lowest BCUT2D eigenvalue weighted by Crippen LogP contribution is -2.23. The zero-order valence-electron chi connectivity index (χ0n) is 9.48. The molecule has 0 aromatic rings. The summed E-state index contributed by atoms with van der Waals surface area (Å²) in [4.78, 5) is 10.8. The number of ether oxygens (including phenoxy) is 2. The van der Waals surface area contributed by atoms with Crippen LogP contribution in [0.1, 0.15) is 20.8 Å². The fraction of sp³-hybridized carbons (Fsp3) is 0.700. The van der Waals surface area contributed by atoms with Crippen molar-refractivity contribution in [2.45, 2.75) is 26.9 Å². The van der Waals surface area contributed by atoms with Crippen molar-refractivity contribution in [1.29, 1.82) is 0 Å². The molecule has 6 heteroatoms. The maximum absolute atomic E-state index is 11.7. The van der Waals surface area contributed by atoms with Gasteiger partial charge in [0.15, 0.2) is 13.2 Å². The molecule has 0 rings (SSSR count). The molecule has 0 heterocycles. The predicted octanol–water partition coefficient (Wildman–Crippen LogP) is 2.67. The molecule has 0 saturated carbocycles. The van der Waals surface area contributed by atoms with Gasteiger partial charge in [-0.2, -0.15) is 13.2 Å². The van der Waals surface area contributed by atoms with E-state index in [0.717, 1.165) is 0 Å². The number of esters is 1. The minimum absolute atomic E-state index is 0.316. The molecule has 0 atom stereocenters. The number of alkyl halides is 3. The van der Waals surface area contributed by atoms with Gasteiger partial charge in [-0.3, -0.25) is 0 Å². The minimum Gasteiger partial charge on any atom is -0.486 e. The van der Waals surface area contributed by atoms with Crippen molar-refractivity contribution in [2.24, 2.45) is 5.41 Å². The van der Waals surface area contributed by atoms with Crippen LogP contribution in [0.2, 0.25) is 0 Å². The lowest BCUT2D eigenvalue weighted by molar-refractivity contribution is -0.188. The molecule has 94 valence electrons. The van der Waals surface area contributed by atoms with E-state index in [2.05, 4.69) is 11.3 Å². The van der Waals surface area contributed by atoms with Crippen LogP contribution >= 0.6 is 0 Å². The standard InChI is InChI=1S/C10H15F3O3/c1-7(9(2,3)4)15-5-8(14)16-6-10(11,12)13/h1,5-6H2,2-4H3. The number of rotatable bonds is 4.